The minimum Gasteiger partial charge on any atom is -0.507 e. The number of benzene rings is 2. The molecular weight excluding hydrogens is 372 g/mol. The molecule has 1 heterocycles. The molecule has 0 saturated heterocycles. The second kappa shape index (κ2) is 8.31. The lowest BCUT2D eigenvalue weighted by molar-refractivity contribution is 0.355. The van der Waals surface area contributed by atoms with Gasteiger partial charge in [0.25, 0.3) is 0 Å². The van der Waals surface area contributed by atoms with Gasteiger partial charge >= 0.3 is 0 Å². The van der Waals surface area contributed by atoms with Gasteiger partial charge in [-0.25, -0.2) is 0 Å². The molecule has 2 aromatic carbocycles. The first-order valence-corrected chi connectivity index (χ1v) is 9.12. The third kappa shape index (κ3) is 3.92. The lowest BCUT2D eigenvalue weighted by Gasteiger charge is -2.13. The van der Waals surface area contributed by atoms with Crippen molar-refractivity contribution in [2.45, 2.75) is 20.3 Å². The maximum absolute atomic E-state index is 13.0. The van der Waals surface area contributed by atoms with Crippen molar-refractivity contribution in [3.8, 4) is 34.3 Å². The van der Waals surface area contributed by atoms with E-state index in [0.717, 1.165) is 11.1 Å². The topological polar surface area (TPSA) is 78.1 Å². The maximum atomic E-state index is 13.0. The fourth-order valence-corrected chi connectivity index (χ4v) is 3.13. The van der Waals surface area contributed by atoms with Crippen LogP contribution in [0.5, 0.6) is 23.0 Å². The van der Waals surface area contributed by atoms with E-state index in [1.165, 1.54) is 14.2 Å². The smallest absolute Gasteiger partial charge is 0.238 e. The van der Waals surface area contributed by atoms with Crippen LogP contribution in [0.15, 0.2) is 51.2 Å². The van der Waals surface area contributed by atoms with Gasteiger partial charge in [-0.05, 0) is 56.2 Å². The van der Waals surface area contributed by atoms with Gasteiger partial charge in [0.05, 0.1) is 21.3 Å². The number of ether oxygens (including phenoxy) is 3. The summed E-state index contributed by atoms with van der Waals surface area (Å²) < 4.78 is 22.0. The molecule has 3 rings (SSSR count). The van der Waals surface area contributed by atoms with Crippen molar-refractivity contribution in [1.82, 2.24) is 0 Å². The van der Waals surface area contributed by atoms with E-state index in [0.29, 0.717) is 23.5 Å². The van der Waals surface area contributed by atoms with E-state index in [4.69, 9.17) is 18.6 Å². The van der Waals surface area contributed by atoms with E-state index in [9.17, 15) is 9.90 Å². The van der Waals surface area contributed by atoms with Gasteiger partial charge < -0.3 is 23.7 Å². The first kappa shape index (κ1) is 20.3. The van der Waals surface area contributed by atoms with Gasteiger partial charge in [0.15, 0.2) is 17.3 Å². The zero-order valence-electron chi connectivity index (χ0n) is 17.2. The van der Waals surface area contributed by atoms with Gasteiger partial charge in [-0.2, -0.15) is 0 Å². The summed E-state index contributed by atoms with van der Waals surface area (Å²) in [7, 11) is 4.47. The maximum Gasteiger partial charge on any atom is 0.238 e. The predicted molar refractivity (Wildman–Crippen MR) is 112 cm³/mol. The van der Waals surface area contributed by atoms with Gasteiger partial charge in [0.2, 0.25) is 11.2 Å². The molecule has 0 aliphatic carbocycles. The molecule has 152 valence electrons. The summed E-state index contributed by atoms with van der Waals surface area (Å²) in [5.41, 5.74) is 2.43. The molecule has 0 atom stereocenters. The molecule has 0 bridgehead atoms. The fraction of sp³-hybridized carbons (Fsp3) is 0.261. The minimum atomic E-state index is -0.440. The third-order valence-electron chi connectivity index (χ3n) is 4.59. The van der Waals surface area contributed by atoms with Crippen molar-refractivity contribution < 1.29 is 23.7 Å². The zero-order valence-corrected chi connectivity index (χ0v) is 17.2. The van der Waals surface area contributed by atoms with E-state index < -0.39 is 5.43 Å². The average Bonchev–Trinajstić information content (AvgIpc) is 2.71. The normalized spacial score (nSPS) is 10.7. The van der Waals surface area contributed by atoms with Crippen LogP contribution in [-0.2, 0) is 6.42 Å². The Balaban J connectivity index is 2.27. The summed E-state index contributed by atoms with van der Waals surface area (Å²) >= 11 is 0. The molecule has 0 amide bonds. The van der Waals surface area contributed by atoms with Crippen LogP contribution < -0.4 is 19.6 Å². The molecule has 6 heteroatoms. The third-order valence-corrected chi connectivity index (χ3v) is 4.59. The summed E-state index contributed by atoms with van der Waals surface area (Å²) in [4.78, 5) is 13.0. The summed E-state index contributed by atoms with van der Waals surface area (Å²) in [5.74, 6) is 1.18. The Morgan fingerprint density at radius 2 is 1.76 bits per heavy atom. The van der Waals surface area contributed by atoms with Crippen molar-refractivity contribution in [3.63, 3.8) is 0 Å². The Morgan fingerprint density at radius 3 is 2.38 bits per heavy atom. The quantitative estimate of drug-likeness (QED) is 0.609. The first-order valence-electron chi connectivity index (χ1n) is 9.12. The number of methoxy groups -OCH3 is 3. The molecule has 0 fully saturated rings. The van der Waals surface area contributed by atoms with Gasteiger partial charge in [-0.1, -0.05) is 11.6 Å². The lowest BCUT2D eigenvalue weighted by atomic mass is 10.0. The molecule has 0 aliphatic rings. The zero-order chi connectivity index (χ0) is 21.1. The molecule has 0 radical (unpaired) electrons. The van der Waals surface area contributed by atoms with E-state index >= 15 is 0 Å². The molecule has 0 saturated carbocycles. The Kier molecular flexibility index (Phi) is 5.82. The Morgan fingerprint density at radius 1 is 1.03 bits per heavy atom. The van der Waals surface area contributed by atoms with Crippen molar-refractivity contribution in [2.24, 2.45) is 0 Å². The highest BCUT2D eigenvalue weighted by Gasteiger charge is 2.21. The van der Waals surface area contributed by atoms with Gasteiger partial charge in [0, 0.05) is 5.56 Å². The predicted octanol–water partition coefficient (Wildman–Crippen LogP) is 4.70. The molecule has 0 aliphatic heterocycles. The first-order chi connectivity index (χ1) is 13.9. The van der Waals surface area contributed by atoms with Crippen LogP contribution in [0.3, 0.4) is 0 Å². The highest BCUT2D eigenvalue weighted by atomic mass is 16.5. The second-order valence-electron chi connectivity index (χ2n) is 6.84. The number of aromatic hydroxyl groups is 1. The van der Waals surface area contributed by atoms with Crippen LogP contribution in [0, 0.1) is 0 Å². The summed E-state index contributed by atoms with van der Waals surface area (Å²) in [6.45, 7) is 4.00. The SMILES string of the molecule is COc1ccc(-c2oc3cc(CC=C(C)C)cc(O)c3c(=O)c2OC)cc1OC. The molecule has 0 spiro atoms. The Bertz CT molecular complexity index is 1140. The fourth-order valence-electron chi connectivity index (χ4n) is 3.13. The van der Waals surface area contributed by atoms with Crippen LogP contribution in [0.4, 0.5) is 0 Å². The Labute approximate surface area is 169 Å². The van der Waals surface area contributed by atoms with Gasteiger partial charge in [-0.3, -0.25) is 4.79 Å². The second-order valence-corrected chi connectivity index (χ2v) is 6.84. The molecule has 6 nitrogen and oxygen atoms in total. The summed E-state index contributed by atoms with van der Waals surface area (Å²) in [5, 5.41) is 10.5. The highest BCUT2D eigenvalue weighted by molar-refractivity contribution is 5.88. The van der Waals surface area contributed by atoms with E-state index in [-0.39, 0.29) is 28.2 Å². The Hall–Kier alpha value is -3.41. The lowest BCUT2D eigenvalue weighted by Crippen LogP contribution is -2.08. The monoisotopic (exact) mass is 396 g/mol. The number of phenolic OH excluding ortho intramolecular Hbond substituents is 1. The van der Waals surface area contributed by atoms with Crippen LogP contribution in [0.1, 0.15) is 19.4 Å². The van der Waals surface area contributed by atoms with Crippen molar-refractivity contribution in [1.29, 1.82) is 0 Å². The molecule has 0 unspecified atom stereocenters. The van der Waals surface area contributed by atoms with Crippen molar-refractivity contribution in [3.05, 3.63) is 57.8 Å². The molecule has 3 aromatic rings. The number of fused-ring (bicyclic) bond motifs is 1. The molecular formula is C23H24O6. The number of allylic oxidation sites excluding steroid dienone is 2. The number of phenols is 1. The minimum absolute atomic E-state index is 0.0112. The summed E-state index contributed by atoms with van der Waals surface area (Å²) in [6, 6.07) is 8.52. The number of hydrogen-bond donors (Lipinski definition) is 1. The highest BCUT2D eigenvalue weighted by Crippen LogP contribution is 2.38. The van der Waals surface area contributed by atoms with E-state index in [1.807, 2.05) is 19.9 Å². The summed E-state index contributed by atoms with van der Waals surface area (Å²) in [6.07, 6.45) is 2.66. The van der Waals surface area contributed by atoms with Gasteiger partial charge in [-0.15, -0.1) is 0 Å². The van der Waals surface area contributed by atoms with Crippen molar-refractivity contribution in [2.75, 3.05) is 21.3 Å². The van der Waals surface area contributed by atoms with Crippen LogP contribution in [0.25, 0.3) is 22.3 Å². The van der Waals surface area contributed by atoms with Crippen molar-refractivity contribution >= 4 is 11.0 Å². The van der Waals surface area contributed by atoms with Crippen LogP contribution in [-0.4, -0.2) is 26.4 Å². The molecule has 29 heavy (non-hydrogen) atoms. The number of rotatable bonds is 6. The van der Waals surface area contributed by atoms with Gasteiger partial charge in [0.1, 0.15) is 16.7 Å². The molecule has 1 aromatic heterocycles. The van der Waals surface area contributed by atoms with E-state index in [2.05, 4.69) is 0 Å². The van der Waals surface area contributed by atoms with Crippen LogP contribution in [0.2, 0.25) is 0 Å². The average molecular weight is 396 g/mol. The van der Waals surface area contributed by atoms with Crippen LogP contribution >= 0.6 is 0 Å². The number of hydrogen-bond acceptors (Lipinski definition) is 6. The molecule has 1 N–H and O–H groups in total. The standard InChI is InChI=1S/C23H24O6/c1-13(2)6-7-14-10-16(24)20-19(11-14)29-22(23(28-5)21(20)25)15-8-9-17(26-3)18(12-15)27-4/h6,8-12,24H,7H2,1-5H3. The largest absolute Gasteiger partial charge is 0.507 e. The van der Waals surface area contributed by atoms with E-state index in [1.54, 1.807) is 37.4 Å².